The number of rotatable bonds is 2. The van der Waals surface area contributed by atoms with E-state index < -0.39 is 23.1 Å². The van der Waals surface area contributed by atoms with E-state index in [9.17, 15) is 25.2 Å². The van der Waals surface area contributed by atoms with Crippen molar-refractivity contribution in [1.29, 1.82) is 0 Å². The van der Waals surface area contributed by atoms with Crippen LogP contribution in [0.15, 0.2) is 0 Å². The summed E-state index contributed by atoms with van der Waals surface area (Å²) in [6.45, 7) is 5.73. The normalized spacial score (nSPS) is 60.2. The second kappa shape index (κ2) is 4.99. The average molecular weight is 352 g/mol. The number of fused-ring (bicyclic) bond motifs is 3. The number of aliphatic hydroxyl groups excluding tert-OH is 2. The lowest BCUT2D eigenvalue weighted by Gasteiger charge is -2.52. The summed E-state index contributed by atoms with van der Waals surface area (Å²) in [5.41, 5.74) is -2.37. The molecule has 0 saturated heterocycles. The third kappa shape index (κ3) is 1.87. The largest absolute Gasteiger partial charge is 0.481 e. The van der Waals surface area contributed by atoms with Crippen LogP contribution in [-0.2, 0) is 4.79 Å². The smallest absolute Gasteiger partial charge is 0.312 e. The maximum Gasteiger partial charge on any atom is 0.312 e. The van der Waals surface area contributed by atoms with Crippen molar-refractivity contribution in [3.05, 3.63) is 0 Å². The third-order valence-corrected chi connectivity index (χ3v) is 9.29. The molecule has 4 saturated carbocycles. The fraction of sp³-hybridized carbons (Fsp3) is 0.950. The van der Waals surface area contributed by atoms with Crippen LogP contribution < -0.4 is 0 Å². The molecule has 142 valence electrons. The zero-order valence-corrected chi connectivity index (χ0v) is 15.5. The molecule has 5 nitrogen and oxygen atoms in total. The minimum Gasteiger partial charge on any atom is -0.481 e. The zero-order valence-electron chi connectivity index (χ0n) is 15.5. The van der Waals surface area contributed by atoms with Crippen molar-refractivity contribution in [2.45, 2.75) is 71.0 Å². The third-order valence-electron chi connectivity index (χ3n) is 9.29. The van der Waals surface area contributed by atoms with Crippen LogP contribution in [0.3, 0.4) is 0 Å². The molecule has 4 N–H and O–H groups in total. The summed E-state index contributed by atoms with van der Waals surface area (Å²) >= 11 is 0. The second-order valence-corrected chi connectivity index (χ2v) is 10.2. The number of carbonyl (C=O) groups is 1. The summed E-state index contributed by atoms with van der Waals surface area (Å²) in [5, 5.41) is 42.1. The number of aliphatic hydroxyl groups is 3. The summed E-state index contributed by atoms with van der Waals surface area (Å²) in [6, 6.07) is 0. The first-order chi connectivity index (χ1) is 11.5. The molecule has 2 bridgehead atoms. The predicted molar refractivity (Wildman–Crippen MR) is 91.7 cm³/mol. The first kappa shape index (κ1) is 17.7. The van der Waals surface area contributed by atoms with E-state index in [1.54, 1.807) is 6.92 Å². The molecule has 0 aromatic carbocycles. The fourth-order valence-corrected chi connectivity index (χ4v) is 8.38. The summed E-state index contributed by atoms with van der Waals surface area (Å²) in [4.78, 5) is 12.3. The number of carboxylic acids is 1. The average Bonchev–Trinajstić information content (AvgIpc) is 2.87. The van der Waals surface area contributed by atoms with Crippen LogP contribution in [0, 0.1) is 39.9 Å². The lowest BCUT2D eigenvalue weighted by atomic mass is 9.52. The molecular formula is C20H32O5. The highest BCUT2D eigenvalue weighted by molar-refractivity contribution is 5.76. The summed E-state index contributed by atoms with van der Waals surface area (Å²) in [7, 11) is 0. The zero-order chi connectivity index (χ0) is 18.4. The van der Waals surface area contributed by atoms with Gasteiger partial charge in [0.25, 0.3) is 0 Å². The van der Waals surface area contributed by atoms with Gasteiger partial charge in [0, 0.05) is 6.61 Å². The molecule has 9 atom stereocenters. The Morgan fingerprint density at radius 3 is 2.44 bits per heavy atom. The van der Waals surface area contributed by atoms with Gasteiger partial charge in [-0.05, 0) is 86.9 Å². The van der Waals surface area contributed by atoms with E-state index >= 15 is 0 Å². The Morgan fingerprint density at radius 2 is 1.84 bits per heavy atom. The van der Waals surface area contributed by atoms with Gasteiger partial charge in [-0.1, -0.05) is 6.92 Å². The summed E-state index contributed by atoms with van der Waals surface area (Å²) in [5.74, 6) is -0.828. The van der Waals surface area contributed by atoms with Gasteiger partial charge < -0.3 is 20.4 Å². The molecule has 1 spiro atoms. The molecule has 0 aromatic rings. The van der Waals surface area contributed by atoms with Gasteiger partial charge in [-0.2, -0.15) is 0 Å². The first-order valence-corrected chi connectivity index (χ1v) is 9.79. The Labute approximate surface area is 149 Å². The van der Waals surface area contributed by atoms with Gasteiger partial charge in [0.15, 0.2) is 0 Å². The molecule has 4 rings (SSSR count). The van der Waals surface area contributed by atoms with Crippen LogP contribution in [0.1, 0.15) is 59.3 Å². The van der Waals surface area contributed by atoms with Gasteiger partial charge in [-0.15, -0.1) is 0 Å². The van der Waals surface area contributed by atoms with Gasteiger partial charge in [-0.25, -0.2) is 0 Å². The van der Waals surface area contributed by atoms with Crippen molar-refractivity contribution in [2.75, 3.05) is 6.61 Å². The second-order valence-electron chi connectivity index (χ2n) is 10.2. The number of aliphatic carboxylic acids is 1. The molecule has 0 radical (unpaired) electrons. The van der Waals surface area contributed by atoms with Gasteiger partial charge >= 0.3 is 5.97 Å². The van der Waals surface area contributed by atoms with E-state index in [1.807, 2.05) is 6.92 Å². The summed E-state index contributed by atoms with van der Waals surface area (Å²) < 4.78 is 0. The number of hydrogen-bond donors (Lipinski definition) is 4. The molecule has 25 heavy (non-hydrogen) atoms. The molecule has 0 aromatic heterocycles. The fourth-order valence-electron chi connectivity index (χ4n) is 8.38. The van der Waals surface area contributed by atoms with Crippen molar-refractivity contribution >= 4 is 5.97 Å². The van der Waals surface area contributed by atoms with Crippen molar-refractivity contribution < 1.29 is 25.2 Å². The monoisotopic (exact) mass is 352 g/mol. The quantitative estimate of drug-likeness (QED) is 0.610. The molecule has 9 unspecified atom stereocenters. The van der Waals surface area contributed by atoms with Crippen LogP contribution in [0.2, 0.25) is 0 Å². The summed E-state index contributed by atoms with van der Waals surface area (Å²) in [6.07, 6.45) is 3.93. The molecule has 0 amide bonds. The van der Waals surface area contributed by atoms with Gasteiger partial charge in [-0.3, -0.25) is 4.79 Å². The van der Waals surface area contributed by atoms with E-state index in [1.165, 1.54) is 0 Å². The van der Waals surface area contributed by atoms with E-state index in [4.69, 9.17) is 0 Å². The van der Waals surface area contributed by atoms with Crippen molar-refractivity contribution in [3.63, 3.8) is 0 Å². The van der Waals surface area contributed by atoms with E-state index in [-0.39, 0.29) is 35.2 Å². The van der Waals surface area contributed by atoms with E-state index in [0.717, 1.165) is 25.7 Å². The SMILES string of the molecule is CC1(O)CC23CC1CCC2C1(C)CCC(O)C(C)(C(=O)O)C1C3CO. The van der Waals surface area contributed by atoms with Gasteiger partial charge in [0.1, 0.15) is 0 Å². The standard InChI is InChI=1S/C20H32O5/c1-17-7-6-14(22)19(3,16(23)24)15(17)12(9-21)20-8-11(4-5-13(17)20)18(2,25)10-20/h11-15,21-22,25H,4-10H2,1-3H3,(H,23,24). The minimum atomic E-state index is -1.24. The lowest BCUT2D eigenvalue weighted by molar-refractivity contribution is -0.179. The molecule has 0 heterocycles. The van der Waals surface area contributed by atoms with Crippen molar-refractivity contribution in [3.8, 4) is 0 Å². The predicted octanol–water partition coefficient (Wildman–Crippen LogP) is 2.03. The molecule has 4 aliphatic carbocycles. The van der Waals surface area contributed by atoms with Crippen molar-refractivity contribution in [1.82, 2.24) is 0 Å². The molecular weight excluding hydrogens is 320 g/mol. The highest BCUT2D eigenvalue weighted by Crippen LogP contribution is 2.77. The molecule has 4 aliphatic rings. The minimum absolute atomic E-state index is 0.0604. The Bertz CT molecular complexity index is 603. The van der Waals surface area contributed by atoms with Crippen LogP contribution >= 0.6 is 0 Å². The Balaban J connectivity index is 1.89. The highest BCUT2D eigenvalue weighted by atomic mass is 16.4. The maximum atomic E-state index is 12.3. The van der Waals surface area contributed by atoms with Gasteiger partial charge in [0.05, 0.1) is 17.1 Å². The Hall–Kier alpha value is -0.650. The van der Waals surface area contributed by atoms with Crippen LogP contribution in [0.5, 0.6) is 0 Å². The number of carboxylic acid groups (broad SMARTS) is 1. The molecule has 5 heteroatoms. The number of hydrogen-bond acceptors (Lipinski definition) is 4. The van der Waals surface area contributed by atoms with Crippen LogP contribution in [0.25, 0.3) is 0 Å². The van der Waals surface area contributed by atoms with Crippen molar-refractivity contribution in [2.24, 2.45) is 39.9 Å². The Kier molecular flexibility index (Phi) is 3.54. The van der Waals surface area contributed by atoms with E-state index in [2.05, 4.69) is 6.92 Å². The molecule has 0 aliphatic heterocycles. The lowest BCUT2D eigenvalue weighted by Crippen LogP contribution is -2.56. The first-order valence-electron chi connectivity index (χ1n) is 9.79. The molecule has 4 fully saturated rings. The maximum absolute atomic E-state index is 12.3. The van der Waals surface area contributed by atoms with Crippen LogP contribution in [-0.4, -0.2) is 44.7 Å². The van der Waals surface area contributed by atoms with E-state index in [0.29, 0.717) is 18.8 Å². The highest BCUT2D eigenvalue weighted by Gasteiger charge is 2.76. The van der Waals surface area contributed by atoms with Crippen LogP contribution in [0.4, 0.5) is 0 Å². The van der Waals surface area contributed by atoms with Gasteiger partial charge in [0.2, 0.25) is 0 Å². The topological polar surface area (TPSA) is 98.0 Å². The Morgan fingerprint density at radius 1 is 1.16 bits per heavy atom.